The predicted octanol–water partition coefficient (Wildman–Crippen LogP) is 3.30. The smallest absolute Gasteiger partial charge is 0.248 e. The minimum atomic E-state index is -3.58. The fourth-order valence-electron chi connectivity index (χ4n) is 2.35. The summed E-state index contributed by atoms with van der Waals surface area (Å²) in [5.41, 5.74) is 1.89. The molecule has 0 saturated carbocycles. The summed E-state index contributed by atoms with van der Waals surface area (Å²) >= 11 is 0. The van der Waals surface area contributed by atoms with Crippen LogP contribution in [0.2, 0.25) is 0 Å². The lowest BCUT2D eigenvalue weighted by atomic mass is 10.2. The number of hydrogen-bond acceptors (Lipinski definition) is 4. The number of carbonyl (C=O) groups is 1. The molecule has 0 aliphatic heterocycles. The Morgan fingerprint density at radius 1 is 1.15 bits per heavy atom. The summed E-state index contributed by atoms with van der Waals surface area (Å²) in [5, 5.41) is 2.69. The van der Waals surface area contributed by atoms with Crippen molar-refractivity contribution in [2.45, 2.75) is 18.7 Å². The van der Waals surface area contributed by atoms with Crippen molar-refractivity contribution in [1.29, 1.82) is 0 Å². The van der Waals surface area contributed by atoms with Crippen molar-refractivity contribution < 1.29 is 17.9 Å². The SMILES string of the molecule is CCOc1ccc(/C=C/C(=O)Nc2ccc(C)c(S(=O)(=O)N(C)C)c2)cc1. The predicted molar refractivity (Wildman–Crippen MR) is 107 cm³/mol. The quantitative estimate of drug-likeness (QED) is 0.739. The normalized spacial score (nSPS) is 11.7. The lowest BCUT2D eigenvalue weighted by molar-refractivity contribution is -0.111. The molecule has 0 fully saturated rings. The van der Waals surface area contributed by atoms with Crippen LogP contribution in [0.15, 0.2) is 53.4 Å². The molecule has 1 amide bonds. The molecule has 1 N–H and O–H groups in total. The second kappa shape index (κ2) is 8.83. The number of amides is 1. The minimum Gasteiger partial charge on any atom is -0.494 e. The summed E-state index contributed by atoms with van der Waals surface area (Å²) in [6.07, 6.45) is 3.08. The van der Waals surface area contributed by atoms with Crippen molar-refractivity contribution in [2.24, 2.45) is 0 Å². The lowest BCUT2D eigenvalue weighted by Gasteiger charge is -2.14. The van der Waals surface area contributed by atoms with E-state index in [-0.39, 0.29) is 10.8 Å². The van der Waals surface area contributed by atoms with Crippen LogP contribution in [0, 0.1) is 6.92 Å². The van der Waals surface area contributed by atoms with E-state index in [4.69, 9.17) is 4.74 Å². The van der Waals surface area contributed by atoms with E-state index in [2.05, 4.69) is 5.32 Å². The molecule has 0 aliphatic rings. The van der Waals surface area contributed by atoms with Crippen LogP contribution in [0.5, 0.6) is 5.75 Å². The number of sulfonamides is 1. The van der Waals surface area contributed by atoms with E-state index in [0.717, 1.165) is 15.6 Å². The standard InChI is InChI=1S/C20H24N2O4S/c1-5-26-18-11-7-16(8-12-18)9-13-20(23)21-17-10-6-15(2)19(14-17)27(24,25)22(3)4/h6-14H,5H2,1-4H3,(H,21,23)/b13-9+. The van der Waals surface area contributed by atoms with Crippen LogP contribution < -0.4 is 10.1 Å². The van der Waals surface area contributed by atoms with Crippen molar-refractivity contribution in [3.8, 4) is 5.75 Å². The zero-order chi connectivity index (χ0) is 20.0. The molecule has 0 saturated heterocycles. The average molecular weight is 388 g/mol. The van der Waals surface area contributed by atoms with Gasteiger partial charge in [-0.05, 0) is 55.3 Å². The van der Waals surface area contributed by atoms with Gasteiger partial charge in [-0.25, -0.2) is 12.7 Å². The number of benzene rings is 2. The van der Waals surface area contributed by atoms with E-state index in [1.807, 2.05) is 31.2 Å². The Bertz CT molecular complexity index is 933. The van der Waals surface area contributed by atoms with Gasteiger partial charge >= 0.3 is 0 Å². The monoisotopic (exact) mass is 388 g/mol. The van der Waals surface area contributed by atoms with Gasteiger partial charge < -0.3 is 10.1 Å². The first kappa shape index (κ1) is 20.7. The van der Waals surface area contributed by atoms with Gasteiger partial charge in [0.2, 0.25) is 15.9 Å². The van der Waals surface area contributed by atoms with E-state index in [0.29, 0.717) is 17.9 Å². The Morgan fingerprint density at radius 3 is 2.41 bits per heavy atom. The molecule has 2 aromatic rings. The topological polar surface area (TPSA) is 75.7 Å². The molecule has 6 nitrogen and oxygen atoms in total. The molecule has 0 aromatic heterocycles. The fraction of sp³-hybridized carbons (Fsp3) is 0.250. The highest BCUT2D eigenvalue weighted by Gasteiger charge is 2.20. The third-order valence-corrected chi connectivity index (χ3v) is 5.79. The fourth-order valence-corrected chi connectivity index (χ4v) is 3.49. The molecule has 0 bridgehead atoms. The molecule has 2 rings (SSSR count). The van der Waals surface area contributed by atoms with Gasteiger partial charge in [-0.2, -0.15) is 0 Å². The first-order valence-corrected chi connectivity index (χ1v) is 9.93. The van der Waals surface area contributed by atoms with Crippen molar-refractivity contribution in [2.75, 3.05) is 26.0 Å². The van der Waals surface area contributed by atoms with Crippen molar-refractivity contribution in [3.05, 3.63) is 59.7 Å². The van der Waals surface area contributed by atoms with Crippen LogP contribution in [-0.4, -0.2) is 39.3 Å². The van der Waals surface area contributed by atoms with E-state index < -0.39 is 10.0 Å². The maximum absolute atomic E-state index is 12.4. The number of hydrogen-bond donors (Lipinski definition) is 1. The van der Waals surface area contributed by atoms with Gasteiger partial charge in [0.1, 0.15) is 5.75 Å². The highest BCUT2D eigenvalue weighted by atomic mass is 32.2. The third-order valence-electron chi connectivity index (χ3n) is 3.83. The highest BCUT2D eigenvalue weighted by Crippen LogP contribution is 2.22. The molecular weight excluding hydrogens is 364 g/mol. The number of anilines is 1. The van der Waals surface area contributed by atoms with E-state index in [1.54, 1.807) is 25.1 Å². The Labute approximate surface area is 160 Å². The van der Waals surface area contributed by atoms with Crippen LogP contribution in [-0.2, 0) is 14.8 Å². The van der Waals surface area contributed by atoms with Crippen LogP contribution >= 0.6 is 0 Å². The second-order valence-corrected chi connectivity index (χ2v) is 8.21. The first-order chi connectivity index (χ1) is 12.7. The molecule has 2 aromatic carbocycles. The van der Waals surface area contributed by atoms with E-state index in [9.17, 15) is 13.2 Å². The summed E-state index contributed by atoms with van der Waals surface area (Å²) in [5.74, 6) is 0.425. The lowest BCUT2D eigenvalue weighted by Crippen LogP contribution is -2.23. The van der Waals surface area contributed by atoms with Crippen LogP contribution in [0.1, 0.15) is 18.1 Å². The Hall–Kier alpha value is -2.64. The van der Waals surface area contributed by atoms with Crippen molar-refractivity contribution in [3.63, 3.8) is 0 Å². The maximum atomic E-state index is 12.4. The van der Waals surface area contributed by atoms with Crippen molar-refractivity contribution >= 4 is 27.7 Å². The number of nitrogens with one attached hydrogen (secondary N) is 1. The Kier molecular flexibility index (Phi) is 6.76. The highest BCUT2D eigenvalue weighted by molar-refractivity contribution is 7.89. The molecule has 27 heavy (non-hydrogen) atoms. The summed E-state index contributed by atoms with van der Waals surface area (Å²) in [7, 11) is -0.634. The average Bonchev–Trinajstić information content (AvgIpc) is 2.62. The van der Waals surface area contributed by atoms with Gasteiger partial charge in [-0.1, -0.05) is 18.2 Å². The maximum Gasteiger partial charge on any atom is 0.248 e. The van der Waals surface area contributed by atoms with Crippen LogP contribution in [0.4, 0.5) is 5.69 Å². The van der Waals surface area contributed by atoms with Gasteiger partial charge in [0.05, 0.1) is 11.5 Å². The molecule has 7 heteroatoms. The number of carbonyl (C=O) groups excluding carboxylic acids is 1. The molecule has 0 radical (unpaired) electrons. The summed E-state index contributed by atoms with van der Waals surface area (Å²) in [6.45, 7) is 4.23. The number of rotatable bonds is 7. The molecule has 0 heterocycles. The van der Waals surface area contributed by atoms with Gasteiger partial charge in [0.15, 0.2) is 0 Å². The van der Waals surface area contributed by atoms with Gasteiger partial charge in [-0.15, -0.1) is 0 Å². The summed E-state index contributed by atoms with van der Waals surface area (Å²) in [6, 6.07) is 12.2. The second-order valence-electron chi connectivity index (χ2n) is 6.09. The van der Waals surface area contributed by atoms with Crippen LogP contribution in [0.25, 0.3) is 6.08 Å². The number of nitrogens with zero attached hydrogens (tertiary/aromatic N) is 1. The minimum absolute atomic E-state index is 0.167. The Balaban J connectivity index is 2.11. The largest absolute Gasteiger partial charge is 0.494 e. The third kappa shape index (κ3) is 5.42. The first-order valence-electron chi connectivity index (χ1n) is 8.49. The van der Waals surface area contributed by atoms with E-state index >= 15 is 0 Å². The number of aryl methyl sites for hydroxylation is 1. The molecule has 0 aliphatic carbocycles. The molecule has 0 atom stereocenters. The molecule has 0 spiro atoms. The molecule has 144 valence electrons. The van der Waals surface area contributed by atoms with Gasteiger partial charge in [0, 0.05) is 25.9 Å². The zero-order valence-corrected chi connectivity index (χ0v) is 16.7. The summed E-state index contributed by atoms with van der Waals surface area (Å²) < 4.78 is 31.2. The Morgan fingerprint density at radius 2 is 1.81 bits per heavy atom. The van der Waals surface area contributed by atoms with Crippen molar-refractivity contribution in [1.82, 2.24) is 4.31 Å². The van der Waals surface area contributed by atoms with Gasteiger partial charge in [0.25, 0.3) is 0 Å². The molecular formula is C20H24N2O4S. The van der Waals surface area contributed by atoms with E-state index in [1.165, 1.54) is 26.2 Å². The number of ether oxygens (including phenoxy) is 1. The van der Waals surface area contributed by atoms with Crippen LogP contribution in [0.3, 0.4) is 0 Å². The zero-order valence-electron chi connectivity index (χ0n) is 15.9. The van der Waals surface area contributed by atoms with Gasteiger partial charge in [-0.3, -0.25) is 4.79 Å². The molecule has 0 unspecified atom stereocenters. The summed E-state index contributed by atoms with van der Waals surface area (Å²) in [4.78, 5) is 12.3.